The second-order valence-corrected chi connectivity index (χ2v) is 1.92. The fraction of sp³-hybridized carbons (Fsp3) is 0.500. The molecule has 56 valence electrons. The van der Waals surface area contributed by atoms with E-state index in [1.165, 1.54) is 0 Å². The highest BCUT2D eigenvalue weighted by molar-refractivity contribution is 6.37. The van der Waals surface area contributed by atoms with E-state index < -0.39 is 5.97 Å². The summed E-state index contributed by atoms with van der Waals surface area (Å²) in [5.41, 5.74) is 0.343. The van der Waals surface area contributed by atoms with Crippen molar-refractivity contribution in [2.75, 3.05) is 7.05 Å². The SMILES string of the molecule is CN=C(C)CC(=N)C(=O)O. The number of rotatable bonds is 3. The molecule has 0 atom stereocenters. The van der Waals surface area contributed by atoms with E-state index in [0.29, 0.717) is 5.71 Å². The number of carbonyl (C=O) groups is 1. The topological polar surface area (TPSA) is 73.5 Å². The lowest BCUT2D eigenvalue weighted by Gasteiger charge is -1.95. The molecule has 0 aliphatic carbocycles. The van der Waals surface area contributed by atoms with Crippen LogP contribution in [0.5, 0.6) is 0 Å². The fourth-order valence-corrected chi connectivity index (χ4v) is 0.411. The van der Waals surface area contributed by atoms with Gasteiger partial charge in [0.2, 0.25) is 0 Å². The Hall–Kier alpha value is -1.19. The van der Waals surface area contributed by atoms with Crippen molar-refractivity contribution in [3.05, 3.63) is 0 Å². The normalized spacial score (nSPS) is 11.2. The van der Waals surface area contributed by atoms with Crippen LogP contribution in [0.25, 0.3) is 0 Å². The summed E-state index contributed by atoms with van der Waals surface area (Å²) in [6, 6.07) is 0. The van der Waals surface area contributed by atoms with Crippen LogP contribution in [0.4, 0.5) is 0 Å². The van der Waals surface area contributed by atoms with Gasteiger partial charge >= 0.3 is 5.97 Å². The van der Waals surface area contributed by atoms with Crippen molar-refractivity contribution in [1.82, 2.24) is 0 Å². The Bertz CT molecular complexity index is 184. The first-order valence-electron chi connectivity index (χ1n) is 2.81. The van der Waals surface area contributed by atoms with Gasteiger partial charge in [0.25, 0.3) is 0 Å². The second-order valence-electron chi connectivity index (χ2n) is 1.92. The lowest BCUT2D eigenvalue weighted by atomic mass is 10.2. The van der Waals surface area contributed by atoms with Crippen LogP contribution in [0.2, 0.25) is 0 Å². The fourth-order valence-electron chi connectivity index (χ4n) is 0.411. The minimum Gasteiger partial charge on any atom is -0.477 e. The van der Waals surface area contributed by atoms with Crippen LogP contribution >= 0.6 is 0 Å². The van der Waals surface area contributed by atoms with Gasteiger partial charge in [0.05, 0.1) is 0 Å². The molecule has 0 saturated carbocycles. The molecule has 0 aromatic rings. The van der Waals surface area contributed by atoms with Gasteiger partial charge in [-0.15, -0.1) is 0 Å². The predicted octanol–water partition coefficient (Wildman–Crippen LogP) is 0.572. The van der Waals surface area contributed by atoms with Crippen molar-refractivity contribution in [3.8, 4) is 0 Å². The van der Waals surface area contributed by atoms with Gasteiger partial charge in [0, 0.05) is 19.2 Å². The third kappa shape index (κ3) is 2.96. The van der Waals surface area contributed by atoms with Gasteiger partial charge in [-0.1, -0.05) is 0 Å². The minimum absolute atomic E-state index is 0.131. The van der Waals surface area contributed by atoms with Gasteiger partial charge in [0.1, 0.15) is 5.71 Å². The third-order valence-electron chi connectivity index (χ3n) is 1.07. The Balaban J connectivity index is 3.93. The molecule has 0 aromatic carbocycles. The van der Waals surface area contributed by atoms with Gasteiger partial charge in [-0.3, -0.25) is 10.4 Å². The molecule has 0 aliphatic rings. The first-order valence-corrected chi connectivity index (χ1v) is 2.81. The maximum atomic E-state index is 10.1. The van der Waals surface area contributed by atoms with Crippen LogP contribution in [0.3, 0.4) is 0 Å². The highest BCUT2D eigenvalue weighted by atomic mass is 16.4. The molecule has 0 aromatic heterocycles. The molecule has 10 heavy (non-hydrogen) atoms. The van der Waals surface area contributed by atoms with Gasteiger partial charge in [-0.05, 0) is 6.92 Å². The number of nitrogens with one attached hydrogen (secondary N) is 1. The Morgan fingerprint density at radius 2 is 2.20 bits per heavy atom. The molecule has 4 nitrogen and oxygen atoms in total. The van der Waals surface area contributed by atoms with Crippen molar-refractivity contribution >= 4 is 17.4 Å². The highest BCUT2D eigenvalue weighted by Gasteiger charge is 2.06. The highest BCUT2D eigenvalue weighted by Crippen LogP contribution is 1.87. The van der Waals surface area contributed by atoms with E-state index in [1.807, 2.05) is 0 Å². The van der Waals surface area contributed by atoms with Crippen molar-refractivity contribution in [2.45, 2.75) is 13.3 Å². The molecule has 0 unspecified atom stereocenters. The summed E-state index contributed by atoms with van der Waals surface area (Å²) in [6.07, 6.45) is 0.131. The molecule has 0 saturated heterocycles. The van der Waals surface area contributed by atoms with Gasteiger partial charge < -0.3 is 5.11 Å². The number of aliphatic carboxylic acids is 1. The molecule has 0 amide bonds. The minimum atomic E-state index is -1.18. The average Bonchev–Trinajstić information content (AvgIpc) is 1.87. The van der Waals surface area contributed by atoms with Crippen molar-refractivity contribution in [1.29, 1.82) is 5.41 Å². The molecule has 0 radical (unpaired) electrons. The molecule has 2 N–H and O–H groups in total. The van der Waals surface area contributed by atoms with E-state index in [0.717, 1.165) is 0 Å². The Morgan fingerprint density at radius 1 is 1.70 bits per heavy atom. The summed E-state index contributed by atoms with van der Waals surface area (Å²) in [6.45, 7) is 1.69. The van der Waals surface area contributed by atoms with Gasteiger partial charge in [-0.25, -0.2) is 4.79 Å². The Kier molecular flexibility index (Phi) is 3.32. The van der Waals surface area contributed by atoms with Crippen molar-refractivity contribution in [2.24, 2.45) is 4.99 Å². The van der Waals surface area contributed by atoms with Crippen LogP contribution in [-0.2, 0) is 4.79 Å². The summed E-state index contributed by atoms with van der Waals surface area (Å²) in [5.74, 6) is -1.18. The molecule has 0 aliphatic heterocycles. The molecule has 0 rings (SSSR count). The van der Waals surface area contributed by atoms with Gasteiger partial charge in [-0.2, -0.15) is 0 Å². The average molecular weight is 142 g/mol. The third-order valence-corrected chi connectivity index (χ3v) is 1.07. The number of hydrogen-bond acceptors (Lipinski definition) is 3. The zero-order valence-electron chi connectivity index (χ0n) is 6.01. The van der Waals surface area contributed by atoms with E-state index in [4.69, 9.17) is 10.5 Å². The Labute approximate surface area is 59.1 Å². The summed E-state index contributed by atoms with van der Waals surface area (Å²) >= 11 is 0. The molecule has 0 spiro atoms. The standard InChI is InChI=1S/C6H10N2O2/c1-4(8-2)3-5(7)6(9)10/h7H,3H2,1-2H3,(H,9,10). The summed E-state index contributed by atoms with van der Waals surface area (Å²) < 4.78 is 0. The smallest absolute Gasteiger partial charge is 0.349 e. The molecule has 4 heteroatoms. The van der Waals surface area contributed by atoms with Crippen molar-refractivity contribution in [3.63, 3.8) is 0 Å². The molecular weight excluding hydrogens is 132 g/mol. The maximum Gasteiger partial charge on any atom is 0.349 e. The second kappa shape index (κ2) is 3.76. The Morgan fingerprint density at radius 3 is 2.50 bits per heavy atom. The number of carboxylic acid groups (broad SMARTS) is 1. The molecule has 0 heterocycles. The van der Waals surface area contributed by atoms with E-state index in [1.54, 1.807) is 14.0 Å². The first-order chi connectivity index (χ1) is 4.57. The van der Waals surface area contributed by atoms with E-state index >= 15 is 0 Å². The van der Waals surface area contributed by atoms with Crippen LogP contribution in [0, 0.1) is 5.41 Å². The molecule has 0 fully saturated rings. The summed E-state index contributed by atoms with van der Waals surface area (Å²) in [5, 5.41) is 15.1. The quantitative estimate of drug-likeness (QED) is 0.565. The lowest BCUT2D eigenvalue weighted by Crippen LogP contribution is -2.14. The van der Waals surface area contributed by atoms with Crippen molar-refractivity contribution < 1.29 is 9.90 Å². The molecular formula is C6H10N2O2. The number of aliphatic imine (C=N–C) groups is 1. The summed E-state index contributed by atoms with van der Waals surface area (Å²) in [7, 11) is 1.57. The number of carboxylic acids is 1. The lowest BCUT2D eigenvalue weighted by molar-refractivity contribution is -0.129. The number of nitrogens with zero attached hydrogens (tertiary/aromatic N) is 1. The zero-order chi connectivity index (χ0) is 8.15. The van der Waals surface area contributed by atoms with Crippen LogP contribution in [-0.4, -0.2) is 29.5 Å². The van der Waals surface area contributed by atoms with Gasteiger partial charge in [0.15, 0.2) is 0 Å². The largest absolute Gasteiger partial charge is 0.477 e. The number of hydrogen-bond donors (Lipinski definition) is 2. The maximum absolute atomic E-state index is 10.1. The molecule has 0 bridgehead atoms. The van der Waals surface area contributed by atoms with Crippen LogP contribution < -0.4 is 0 Å². The predicted molar refractivity (Wildman–Crippen MR) is 39.0 cm³/mol. The monoisotopic (exact) mass is 142 g/mol. The summed E-state index contributed by atoms with van der Waals surface area (Å²) in [4.78, 5) is 13.8. The van der Waals surface area contributed by atoms with E-state index in [2.05, 4.69) is 4.99 Å². The van der Waals surface area contributed by atoms with Crippen LogP contribution in [0.1, 0.15) is 13.3 Å². The first kappa shape index (κ1) is 8.81. The van der Waals surface area contributed by atoms with E-state index in [9.17, 15) is 4.79 Å². The van der Waals surface area contributed by atoms with Crippen LogP contribution in [0.15, 0.2) is 4.99 Å². The zero-order valence-corrected chi connectivity index (χ0v) is 6.01. The van der Waals surface area contributed by atoms with E-state index in [-0.39, 0.29) is 12.1 Å².